The third-order valence-electron chi connectivity index (χ3n) is 14.6. The topological polar surface area (TPSA) is 385 Å². The molecule has 1 aliphatic rings. The maximum absolute atomic E-state index is 14.9. The Morgan fingerprint density at radius 2 is 1.06 bits per heavy atom. The molecule has 0 radical (unpaired) electrons. The number of β-amino-alcohol motifs (C(OH)–C–C–N with tert-alkyl or cyclic N) is 1. The van der Waals surface area contributed by atoms with Crippen molar-refractivity contribution in [2.75, 3.05) is 63.9 Å². The van der Waals surface area contributed by atoms with Gasteiger partial charge in [0, 0.05) is 93.6 Å². The summed E-state index contributed by atoms with van der Waals surface area (Å²) >= 11 is 8.59. The number of nitrogens with zero attached hydrogens (tertiary/aromatic N) is 2. The molecule has 9 amide bonds. The van der Waals surface area contributed by atoms with E-state index in [1.807, 2.05) is 24.3 Å². The van der Waals surface area contributed by atoms with Crippen molar-refractivity contribution in [3.63, 3.8) is 0 Å². The Hall–Kier alpha value is -7.27. The van der Waals surface area contributed by atoms with Crippen LogP contribution in [0.2, 0.25) is 0 Å². The lowest BCUT2D eigenvalue weighted by Gasteiger charge is -2.34. The number of H-pyrrole nitrogens is 1. The number of phenols is 1. The molecule has 5 rings (SSSR count). The van der Waals surface area contributed by atoms with Gasteiger partial charge in [0.05, 0.1) is 12.7 Å². The summed E-state index contributed by atoms with van der Waals surface area (Å²) in [7, 11) is 0. The van der Waals surface area contributed by atoms with Crippen LogP contribution in [0.25, 0.3) is 10.9 Å². The zero-order chi connectivity index (χ0) is 62.0. The van der Waals surface area contributed by atoms with Crippen LogP contribution in [0.3, 0.4) is 0 Å². The van der Waals surface area contributed by atoms with Crippen LogP contribution in [0.5, 0.6) is 5.75 Å². The Labute approximate surface area is 505 Å². The smallest absolute Gasteiger partial charge is 0.244 e. The molecule has 85 heavy (non-hydrogen) atoms. The number of aliphatic hydroxyl groups excluding tert-OH is 2. The molecule has 0 unspecified atom stereocenters. The number of primary amides is 1. The first-order valence-corrected chi connectivity index (χ1v) is 29.8. The summed E-state index contributed by atoms with van der Waals surface area (Å²) in [4.78, 5) is 132. The molecule has 0 spiro atoms. The molecule has 27 heteroatoms. The van der Waals surface area contributed by atoms with Crippen LogP contribution in [0.15, 0.2) is 85.1 Å². The van der Waals surface area contributed by atoms with E-state index in [-0.39, 0.29) is 74.8 Å². The molecule has 4 aromatic rings. The largest absolute Gasteiger partial charge is 0.508 e. The van der Waals surface area contributed by atoms with E-state index in [0.717, 1.165) is 29.6 Å². The summed E-state index contributed by atoms with van der Waals surface area (Å²) in [5.74, 6) is -7.59. The second kappa shape index (κ2) is 35.3. The number of amides is 9. The van der Waals surface area contributed by atoms with Crippen molar-refractivity contribution < 1.29 is 58.5 Å². The summed E-state index contributed by atoms with van der Waals surface area (Å²) in [5.41, 5.74) is 13.7. The molecule has 0 aliphatic carbocycles. The van der Waals surface area contributed by atoms with Gasteiger partial charge in [0.15, 0.2) is 0 Å². The highest BCUT2D eigenvalue weighted by Crippen LogP contribution is 2.20. The van der Waals surface area contributed by atoms with Gasteiger partial charge >= 0.3 is 0 Å². The zero-order valence-corrected chi connectivity index (χ0v) is 49.8. The molecule has 464 valence electrons. The van der Waals surface area contributed by atoms with Gasteiger partial charge in [0.2, 0.25) is 53.2 Å². The van der Waals surface area contributed by atoms with Gasteiger partial charge in [-0.05, 0) is 74.0 Å². The van der Waals surface area contributed by atoms with Crippen molar-refractivity contribution in [2.45, 2.75) is 120 Å². The number of aromatic amines is 1. The number of para-hydroxylation sites is 1. The van der Waals surface area contributed by atoms with Crippen LogP contribution in [0, 0.1) is 0 Å². The third-order valence-corrected chi connectivity index (χ3v) is 15.3. The quantitative estimate of drug-likeness (QED) is 0.0176. The molecular formula is C58H83N13O12S2. The minimum absolute atomic E-state index is 0.0158. The molecular weight excluding hydrogens is 1130 g/mol. The number of carbonyl (C=O) groups excluding carboxylic acids is 9. The minimum atomic E-state index is -1.47. The Kier molecular flexibility index (Phi) is 28.4. The van der Waals surface area contributed by atoms with E-state index in [1.54, 1.807) is 55.6 Å². The number of thiol groups is 2. The number of aromatic nitrogens is 1. The van der Waals surface area contributed by atoms with Gasteiger partial charge in [0.1, 0.15) is 54.1 Å². The third kappa shape index (κ3) is 21.9. The van der Waals surface area contributed by atoms with Gasteiger partial charge in [-0.25, -0.2) is 0 Å². The van der Waals surface area contributed by atoms with Gasteiger partial charge in [-0.1, -0.05) is 67.6 Å². The summed E-state index contributed by atoms with van der Waals surface area (Å²) in [6.45, 7) is 7.09. The number of phenolic OH excluding ortho intramolecular Hbond substituents is 1. The number of rotatable bonds is 35. The molecule has 9 atom stereocenters. The Morgan fingerprint density at radius 1 is 0.588 bits per heavy atom. The Morgan fingerprint density at radius 3 is 1.61 bits per heavy atom. The number of aliphatic hydroxyl groups is 2. The molecule has 16 N–H and O–H groups in total. The van der Waals surface area contributed by atoms with E-state index in [1.165, 1.54) is 19.1 Å². The average Bonchev–Trinajstić information content (AvgIpc) is 3.71. The average molecular weight is 1220 g/mol. The van der Waals surface area contributed by atoms with Crippen LogP contribution in [-0.2, 0) is 62.4 Å². The number of aromatic hydroxyl groups is 1. The number of unbranched alkanes of at least 4 members (excludes halogenated alkanes) is 1. The highest BCUT2D eigenvalue weighted by molar-refractivity contribution is 7.80. The summed E-state index contributed by atoms with van der Waals surface area (Å²) in [6.07, 6.45) is 1.03. The van der Waals surface area contributed by atoms with E-state index in [4.69, 9.17) is 11.5 Å². The number of hydrogen-bond acceptors (Lipinski definition) is 17. The van der Waals surface area contributed by atoms with E-state index in [2.05, 4.69) is 82.6 Å². The predicted octanol–water partition coefficient (Wildman–Crippen LogP) is -1.96. The lowest BCUT2D eigenvalue weighted by Crippen LogP contribution is -2.61. The monoisotopic (exact) mass is 1220 g/mol. The van der Waals surface area contributed by atoms with Gasteiger partial charge in [0.25, 0.3) is 0 Å². The predicted molar refractivity (Wildman–Crippen MR) is 326 cm³/mol. The lowest BCUT2D eigenvalue weighted by atomic mass is 10.0. The zero-order valence-electron chi connectivity index (χ0n) is 48.0. The Balaban J connectivity index is 1.38. The van der Waals surface area contributed by atoms with Gasteiger partial charge in [-0.2, -0.15) is 25.3 Å². The number of hydrogen-bond donors (Lipinski definition) is 16. The van der Waals surface area contributed by atoms with Crippen LogP contribution < -0.4 is 54.0 Å². The van der Waals surface area contributed by atoms with Crippen LogP contribution in [-0.4, -0.2) is 202 Å². The number of carbonyl (C=O) groups is 9. The number of piperazine rings is 1. The van der Waals surface area contributed by atoms with Crippen molar-refractivity contribution in [3.8, 4) is 5.75 Å². The van der Waals surface area contributed by atoms with Crippen molar-refractivity contribution >= 4 is 89.3 Å². The molecule has 25 nitrogen and oxygen atoms in total. The van der Waals surface area contributed by atoms with Gasteiger partial charge in [-0.3, -0.25) is 48.1 Å². The second-order valence-electron chi connectivity index (χ2n) is 21.0. The number of benzene rings is 3. The van der Waals surface area contributed by atoms with E-state index in [0.29, 0.717) is 50.1 Å². The second-order valence-corrected chi connectivity index (χ2v) is 21.7. The van der Waals surface area contributed by atoms with Crippen LogP contribution in [0.4, 0.5) is 0 Å². The molecule has 1 aliphatic heterocycles. The van der Waals surface area contributed by atoms with Crippen LogP contribution >= 0.6 is 25.3 Å². The van der Waals surface area contributed by atoms with Gasteiger partial charge in [-0.15, -0.1) is 0 Å². The Bertz CT molecular complexity index is 2840. The number of nitrogens with one attached hydrogen (secondary N) is 9. The van der Waals surface area contributed by atoms with E-state index >= 15 is 0 Å². The first kappa shape index (κ1) is 68.5. The molecule has 1 fully saturated rings. The fourth-order valence-electron chi connectivity index (χ4n) is 9.59. The maximum atomic E-state index is 14.9. The molecule has 1 saturated heterocycles. The highest BCUT2D eigenvalue weighted by atomic mass is 32.1. The summed E-state index contributed by atoms with van der Waals surface area (Å²) < 4.78 is 0. The summed E-state index contributed by atoms with van der Waals surface area (Å²) in [6, 6.07) is 11.4. The van der Waals surface area contributed by atoms with Gasteiger partial charge < -0.3 is 79.2 Å². The fraction of sp³-hybridized carbons (Fsp3) is 0.500. The first-order chi connectivity index (χ1) is 40.8. The number of fused-ring (bicyclic) bond motifs is 1. The molecule has 0 saturated carbocycles. The van der Waals surface area contributed by atoms with E-state index < -0.39 is 102 Å². The standard InChI is InChI=1S/C58H83N13O12S2/c1-3-41(52(77)67-48(34-85)58(83)69-50(35(2)73)51(60)76)63-53(78)43(15-9-10-21-59)64-56(81)46(31-38-32-61-42-14-8-7-13-40(38)42)66-55(80)45(30-37-16-18-39(74)19-17-37)65-57(82)47(33-84)68-54(79)44(29-36-11-5-4-6-12-36)62-49(75)20-22-70-23-25-71(26-24-70)27-28-72/h4-8,11-14,16-19,32,35,41,43-48,50,61,72-74,84-85H,3,9-10,15,20-31,33-34,59H2,1-2H3,(H2,60,76)(H,62,75)(H,63,78)(H,64,81)(H,65,82)(H,66,80)(H,67,77)(H,68,79)(H,69,83)/t35-,41+,43+,44-,45+,46-,47+,48+,50+/m1/s1. The fourth-order valence-corrected chi connectivity index (χ4v) is 10.1. The SMILES string of the molecule is CC[C@H](NC(=O)[C@H](CCCCN)NC(=O)[C@@H](Cc1c[nH]c2ccccc12)NC(=O)[C@H](Cc1ccc(O)cc1)NC(=O)[C@H](CS)NC(=O)[C@@H](Cc1ccccc1)NC(=O)CCN1CCN(CCO)CC1)C(=O)N[C@@H](CS)C(=O)N[C@H](C(N)=O)[C@@H](C)O. The maximum Gasteiger partial charge on any atom is 0.244 e. The molecule has 2 heterocycles. The van der Waals surface area contributed by atoms with Crippen molar-refractivity contribution in [2.24, 2.45) is 11.5 Å². The first-order valence-electron chi connectivity index (χ1n) is 28.5. The molecule has 0 bridgehead atoms. The lowest BCUT2D eigenvalue weighted by molar-refractivity contribution is -0.136. The summed E-state index contributed by atoms with van der Waals surface area (Å²) in [5, 5.41) is 51.5. The molecule has 3 aromatic carbocycles. The normalized spacial score (nSPS) is 15.9. The van der Waals surface area contributed by atoms with E-state index in [9.17, 15) is 58.5 Å². The van der Waals surface area contributed by atoms with Crippen LogP contribution in [0.1, 0.15) is 62.6 Å². The van der Waals surface area contributed by atoms with Crippen molar-refractivity contribution in [1.29, 1.82) is 0 Å². The highest BCUT2D eigenvalue weighted by Gasteiger charge is 2.35. The van der Waals surface area contributed by atoms with Crippen molar-refractivity contribution in [3.05, 3.63) is 102 Å². The minimum Gasteiger partial charge on any atom is -0.508 e. The molecule has 1 aromatic heterocycles. The number of nitrogens with two attached hydrogens (primary N) is 2. The van der Waals surface area contributed by atoms with Crippen molar-refractivity contribution in [1.82, 2.24) is 57.3 Å².